The minimum absolute atomic E-state index is 0.286. The molecule has 0 aliphatic heterocycles. The minimum Gasteiger partial charge on any atom is -0.388 e. The maximum absolute atomic E-state index is 9.88. The van der Waals surface area contributed by atoms with Crippen molar-refractivity contribution in [3.05, 3.63) is 34.9 Å². The molecule has 1 aromatic rings. The first kappa shape index (κ1) is 10.3. The van der Waals surface area contributed by atoms with Crippen LogP contribution in [0.1, 0.15) is 42.6 Å². The summed E-state index contributed by atoms with van der Waals surface area (Å²) in [6.45, 7) is 6.21. The third-order valence-corrected chi connectivity index (χ3v) is 2.44. The van der Waals surface area contributed by atoms with Crippen LogP contribution >= 0.6 is 0 Å². The van der Waals surface area contributed by atoms with E-state index in [1.165, 1.54) is 11.1 Å². The molecule has 13 heavy (non-hydrogen) atoms. The maximum Gasteiger partial charge on any atom is 0.0795 e. The van der Waals surface area contributed by atoms with Gasteiger partial charge in [0.15, 0.2) is 0 Å². The molecule has 1 N–H and O–H groups in total. The van der Waals surface area contributed by atoms with Crippen molar-refractivity contribution in [2.45, 2.75) is 39.7 Å². The molecule has 0 amide bonds. The lowest BCUT2D eigenvalue weighted by atomic mass is 9.96. The molecule has 0 aliphatic rings. The zero-order valence-electron chi connectivity index (χ0n) is 8.67. The van der Waals surface area contributed by atoms with E-state index in [0.29, 0.717) is 0 Å². The number of hydrogen-bond donors (Lipinski definition) is 1. The van der Waals surface area contributed by atoms with Crippen LogP contribution in [0.15, 0.2) is 18.2 Å². The zero-order valence-corrected chi connectivity index (χ0v) is 8.67. The SMILES string of the molecule is CCC[C@H](O)c1c(C)cccc1C. The van der Waals surface area contributed by atoms with Gasteiger partial charge in [-0.2, -0.15) is 0 Å². The highest BCUT2D eigenvalue weighted by atomic mass is 16.3. The molecule has 0 spiro atoms. The monoisotopic (exact) mass is 178 g/mol. The fourth-order valence-corrected chi connectivity index (χ4v) is 1.77. The van der Waals surface area contributed by atoms with Crippen molar-refractivity contribution in [2.24, 2.45) is 0 Å². The lowest BCUT2D eigenvalue weighted by Gasteiger charge is -2.15. The molecule has 0 bridgehead atoms. The fourth-order valence-electron chi connectivity index (χ4n) is 1.77. The number of aliphatic hydroxyl groups is 1. The first-order chi connectivity index (χ1) is 6.16. The quantitative estimate of drug-likeness (QED) is 0.754. The third kappa shape index (κ3) is 2.31. The summed E-state index contributed by atoms with van der Waals surface area (Å²) in [5.41, 5.74) is 3.51. The summed E-state index contributed by atoms with van der Waals surface area (Å²) in [4.78, 5) is 0. The van der Waals surface area contributed by atoms with E-state index >= 15 is 0 Å². The van der Waals surface area contributed by atoms with Crippen molar-refractivity contribution in [1.29, 1.82) is 0 Å². The fraction of sp³-hybridized carbons (Fsp3) is 0.500. The Hall–Kier alpha value is -0.820. The van der Waals surface area contributed by atoms with Gasteiger partial charge >= 0.3 is 0 Å². The predicted molar refractivity (Wildman–Crippen MR) is 55.8 cm³/mol. The average molecular weight is 178 g/mol. The Bertz CT molecular complexity index is 258. The van der Waals surface area contributed by atoms with E-state index in [1.54, 1.807) is 0 Å². The lowest BCUT2D eigenvalue weighted by Crippen LogP contribution is -2.02. The highest BCUT2D eigenvalue weighted by Crippen LogP contribution is 2.24. The van der Waals surface area contributed by atoms with Crippen molar-refractivity contribution in [1.82, 2.24) is 0 Å². The van der Waals surface area contributed by atoms with Crippen molar-refractivity contribution in [3.8, 4) is 0 Å². The van der Waals surface area contributed by atoms with Gasteiger partial charge in [-0.05, 0) is 37.0 Å². The van der Waals surface area contributed by atoms with Crippen molar-refractivity contribution < 1.29 is 5.11 Å². The second kappa shape index (κ2) is 4.43. The van der Waals surface area contributed by atoms with Crippen LogP contribution in [0, 0.1) is 13.8 Å². The van der Waals surface area contributed by atoms with Gasteiger partial charge in [-0.15, -0.1) is 0 Å². The number of aliphatic hydroxyl groups excluding tert-OH is 1. The molecule has 0 heterocycles. The number of benzene rings is 1. The topological polar surface area (TPSA) is 20.2 Å². The molecule has 0 unspecified atom stereocenters. The number of rotatable bonds is 3. The third-order valence-electron chi connectivity index (χ3n) is 2.44. The normalized spacial score (nSPS) is 12.9. The Morgan fingerprint density at radius 3 is 2.23 bits per heavy atom. The van der Waals surface area contributed by atoms with E-state index in [2.05, 4.69) is 32.9 Å². The van der Waals surface area contributed by atoms with Gasteiger partial charge in [0.25, 0.3) is 0 Å². The molecule has 1 nitrogen and oxygen atoms in total. The average Bonchev–Trinajstić information content (AvgIpc) is 2.04. The van der Waals surface area contributed by atoms with Crippen LogP contribution in [0.3, 0.4) is 0 Å². The van der Waals surface area contributed by atoms with E-state index in [1.807, 2.05) is 6.07 Å². The minimum atomic E-state index is -0.286. The van der Waals surface area contributed by atoms with E-state index in [-0.39, 0.29) is 6.10 Å². The van der Waals surface area contributed by atoms with E-state index in [4.69, 9.17) is 0 Å². The molecule has 72 valence electrons. The molecule has 0 radical (unpaired) electrons. The summed E-state index contributed by atoms with van der Waals surface area (Å²) in [6.07, 6.45) is 1.59. The van der Waals surface area contributed by atoms with Gasteiger partial charge in [0.1, 0.15) is 0 Å². The van der Waals surface area contributed by atoms with E-state index in [0.717, 1.165) is 18.4 Å². The summed E-state index contributed by atoms with van der Waals surface area (Å²) < 4.78 is 0. The van der Waals surface area contributed by atoms with Gasteiger partial charge in [-0.1, -0.05) is 31.5 Å². The van der Waals surface area contributed by atoms with Gasteiger partial charge in [0, 0.05) is 0 Å². The molecule has 1 heteroatoms. The molecule has 0 fully saturated rings. The molecule has 1 aromatic carbocycles. The second-order valence-corrected chi connectivity index (χ2v) is 3.61. The van der Waals surface area contributed by atoms with Crippen molar-refractivity contribution in [2.75, 3.05) is 0 Å². The zero-order chi connectivity index (χ0) is 9.84. The predicted octanol–water partition coefficient (Wildman–Crippen LogP) is 3.14. The van der Waals surface area contributed by atoms with Crippen LogP contribution in [0.25, 0.3) is 0 Å². The van der Waals surface area contributed by atoms with Crippen LogP contribution in [0.4, 0.5) is 0 Å². The summed E-state index contributed by atoms with van der Waals surface area (Å²) in [6, 6.07) is 6.15. The summed E-state index contributed by atoms with van der Waals surface area (Å²) in [7, 11) is 0. The van der Waals surface area contributed by atoms with Crippen LogP contribution in [0.2, 0.25) is 0 Å². The van der Waals surface area contributed by atoms with Crippen molar-refractivity contribution >= 4 is 0 Å². The molecule has 0 saturated heterocycles. The van der Waals surface area contributed by atoms with Crippen LogP contribution < -0.4 is 0 Å². The standard InChI is InChI=1S/C12H18O/c1-4-6-11(13)12-9(2)7-5-8-10(12)3/h5,7-8,11,13H,4,6H2,1-3H3/t11-/m0/s1. The first-order valence-electron chi connectivity index (χ1n) is 4.91. The molecular weight excluding hydrogens is 160 g/mol. The molecule has 1 atom stereocenters. The highest BCUT2D eigenvalue weighted by molar-refractivity contribution is 5.35. The Kier molecular flexibility index (Phi) is 3.49. The Balaban J connectivity index is 2.98. The van der Waals surface area contributed by atoms with Crippen LogP contribution in [-0.4, -0.2) is 5.11 Å². The molecule has 1 rings (SSSR count). The number of aryl methyl sites for hydroxylation is 2. The Labute approximate surface area is 80.4 Å². The van der Waals surface area contributed by atoms with Gasteiger partial charge in [-0.25, -0.2) is 0 Å². The van der Waals surface area contributed by atoms with Crippen LogP contribution in [-0.2, 0) is 0 Å². The van der Waals surface area contributed by atoms with Gasteiger partial charge in [0.05, 0.1) is 6.10 Å². The summed E-state index contributed by atoms with van der Waals surface area (Å²) >= 11 is 0. The largest absolute Gasteiger partial charge is 0.388 e. The molecular formula is C12H18O. The van der Waals surface area contributed by atoms with Gasteiger partial charge in [0.2, 0.25) is 0 Å². The highest BCUT2D eigenvalue weighted by Gasteiger charge is 2.11. The van der Waals surface area contributed by atoms with E-state index < -0.39 is 0 Å². The van der Waals surface area contributed by atoms with E-state index in [9.17, 15) is 5.11 Å². The van der Waals surface area contributed by atoms with Crippen molar-refractivity contribution in [3.63, 3.8) is 0 Å². The molecule has 0 saturated carbocycles. The summed E-state index contributed by atoms with van der Waals surface area (Å²) in [5, 5.41) is 9.88. The Morgan fingerprint density at radius 2 is 1.77 bits per heavy atom. The number of hydrogen-bond acceptors (Lipinski definition) is 1. The second-order valence-electron chi connectivity index (χ2n) is 3.61. The maximum atomic E-state index is 9.88. The van der Waals surface area contributed by atoms with Gasteiger partial charge < -0.3 is 5.11 Å². The molecule has 0 aromatic heterocycles. The summed E-state index contributed by atoms with van der Waals surface area (Å²) in [5.74, 6) is 0. The first-order valence-corrected chi connectivity index (χ1v) is 4.91. The smallest absolute Gasteiger partial charge is 0.0795 e. The molecule has 0 aliphatic carbocycles. The lowest BCUT2D eigenvalue weighted by molar-refractivity contribution is 0.165. The van der Waals surface area contributed by atoms with Gasteiger partial charge in [-0.3, -0.25) is 0 Å². The van der Waals surface area contributed by atoms with Crippen LogP contribution in [0.5, 0.6) is 0 Å². The Morgan fingerprint density at radius 1 is 1.23 bits per heavy atom.